The van der Waals surface area contributed by atoms with Gasteiger partial charge in [-0.05, 0) is 18.9 Å². The maximum Gasteiger partial charge on any atom is 0.314 e. The zero-order valence-electron chi connectivity index (χ0n) is 12.7. The molecule has 5 nitrogen and oxygen atoms in total. The molecular formula is C16H25N3O2. The number of nitrogens with one attached hydrogen (secondary N) is 2. The number of amides is 2. The van der Waals surface area contributed by atoms with Gasteiger partial charge >= 0.3 is 6.03 Å². The summed E-state index contributed by atoms with van der Waals surface area (Å²) >= 11 is 0. The third-order valence-corrected chi connectivity index (χ3v) is 3.64. The fraction of sp³-hybridized carbons (Fsp3) is 0.562. The van der Waals surface area contributed by atoms with Crippen LogP contribution in [0.25, 0.3) is 0 Å². The van der Waals surface area contributed by atoms with Crippen LogP contribution in [0, 0.1) is 6.92 Å². The summed E-state index contributed by atoms with van der Waals surface area (Å²) in [4.78, 5) is 14.0. The summed E-state index contributed by atoms with van der Waals surface area (Å²) in [6.07, 6.45) is 0.858. The predicted molar refractivity (Wildman–Crippen MR) is 83.5 cm³/mol. The van der Waals surface area contributed by atoms with E-state index >= 15 is 0 Å². The maximum atomic E-state index is 11.7. The van der Waals surface area contributed by atoms with E-state index in [2.05, 4.69) is 46.7 Å². The molecule has 0 bridgehead atoms. The number of urea groups is 1. The van der Waals surface area contributed by atoms with Gasteiger partial charge in [0.05, 0.1) is 13.2 Å². The molecule has 0 spiro atoms. The van der Waals surface area contributed by atoms with E-state index < -0.39 is 0 Å². The van der Waals surface area contributed by atoms with Crippen LogP contribution in [-0.4, -0.2) is 56.9 Å². The first kappa shape index (κ1) is 15.8. The molecule has 1 fully saturated rings. The quantitative estimate of drug-likeness (QED) is 0.827. The lowest BCUT2D eigenvalue weighted by atomic mass is 10.1. The van der Waals surface area contributed by atoms with Gasteiger partial charge in [-0.15, -0.1) is 0 Å². The van der Waals surface area contributed by atoms with Crippen LogP contribution >= 0.6 is 0 Å². The Morgan fingerprint density at radius 1 is 1.14 bits per heavy atom. The van der Waals surface area contributed by atoms with Gasteiger partial charge in [0.2, 0.25) is 0 Å². The lowest BCUT2D eigenvalue weighted by Crippen LogP contribution is -2.44. The molecule has 0 saturated carbocycles. The van der Waals surface area contributed by atoms with Gasteiger partial charge in [0.15, 0.2) is 0 Å². The molecule has 116 valence electrons. The van der Waals surface area contributed by atoms with Crippen molar-refractivity contribution in [1.29, 1.82) is 0 Å². The van der Waals surface area contributed by atoms with Crippen molar-refractivity contribution in [2.24, 2.45) is 0 Å². The first-order chi connectivity index (χ1) is 10.2. The van der Waals surface area contributed by atoms with E-state index in [0.717, 1.165) is 39.3 Å². The standard InChI is InChI=1S/C16H25N3O2/c1-14-2-4-15(5-3-14)6-7-17-16(20)18-8-9-19-10-12-21-13-11-19/h2-5H,6-13H2,1H3,(H2,17,18,20). The maximum absolute atomic E-state index is 11.7. The van der Waals surface area contributed by atoms with Crippen LogP contribution in [0.3, 0.4) is 0 Å². The van der Waals surface area contributed by atoms with E-state index in [0.29, 0.717) is 13.1 Å². The summed E-state index contributed by atoms with van der Waals surface area (Å²) in [5.41, 5.74) is 2.50. The molecule has 0 unspecified atom stereocenters. The Morgan fingerprint density at radius 2 is 1.81 bits per heavy atom. The molecule has 1 aromatic carbocycles. The highest BCUT2D eigenvalue weighted by molar-refractivity contribution is 5.73. The summed E-state index contributed by atoms with van der Waals surface area (Å²) < 4.78 is 5.29. The normalized spacial score (nSPS) is 15.7. The van der Waals surface area contributed by atoms with Crippen LogP contribution in [0.5, 0.6) is 0 Å². The summed E-state index contributed by atoms with van der Waals surface area (Å²) in [6, 6.07) is 8.31. The molecule has 0 aliphatic carbocycles. The molecule has 2 N–H and O–H groups in total. The van der Waals surface area contributed by atoms with Gasteiger partial charge in [0.1, 0.15) is 0 Å². The topological polar surface area (TPSA) is 53.6 Å². The molecule has 1 aliphatic heterocycles. The molecule has 0 atom stereocenters. The van der Waals surface area contributed by atoms with E-state index in [-0.39, 0.29) is 6.03 Å². The minimum atomic E-state index is -0.0876. The predicted octanol–water partition coefficient (Wildman–Crippen LogP) is 1.17. The van der Waals surface area contributed by atoms with Crippen molar-refractivity contribution in [2.45, 2.75) is 13.3 Å². The Kier molecular flexibility index (Phi) is 6.50. The van der Waals surface area contributed by atoms with E-state index in [1.807, 2.05) is 0 Å². The molecule has 0 aromatic heterocycles. The molecule has 0 radical (unpaired) electrons. The minimum Gasteiger partial charge on any atom is -0.379 e. The summed E-state index contributed by atoms with van der Waals surface area (Å²) in [7, 11) is 0. The number of carbonyl (C=O) groups is 1. The van der Waals surface area contributed by atoms with Crippen molar-refractivity contribution < 1.29 is 9.53 Å². The number of rotatable bonds is 6. The lowest BCUT2D eigenvalue weighted by Gasteiger charge is -2.26. The highest BCUT2D eigenvalue weighted by Gasteiger charge is 2.09. The third-order valence-electron chi connectivity index (χ3n) is 3.64. The van der Waals surface area contributed by atoms with Crippen LogP contribution in [-0.2, 0) is 11.2 Å². The van der Waals surface area contributed by atoms with Crippen molar-refractivity contribution in [1.82, 2.24) is 15.5 Å². The van der Waals surface area contributed by atoms with E-state index in [9.17, 15) is 4.79 Å². The number of carbonyl (C=O) groups excluding carboxylic acids is 1. The van der Waals surface area contributed by atoms with Gasteiger partial charge in [0.25, 0.3) is 0 Å². The molecule has 1 heterocycles. The van der Waals surface area contributed by atoms with Gasteiger partial charge in [-0.2, -0.15) is 0 Å². The molecule has 21 heavy (non-hydrogen) atoms. The highest BCUT2D eigenvalue weighted by atomic mass is 16.5. The number of ether oxygens (including phenoxy) is 1. The SMILES string of the molecule is Cc1ccc(CCNC(=O)NCCN2CCOCC2)cc1. The number of morpholine rings is 1. The van der Waals surface area contributed by atoms with Gasteiger partial charge in [-0.25, -0.2) is 4.79 Å². The molecule has 1 saturated heterocycles. The van der Waals surface area contributed by atoms with E-state index in [1.165, 1.54) is 11.1 Å². The van der Waals surface area contributed by atoms with Crippen molar-refractivity contribution in [2.75, 3.05) is 45.9 Å². The number of hydrogen-bond acceptors (Lipinski definition) is 3. The second-order valence-corrected chi connectivity index (χ2v) is 5.37. The van der Waals surface area contributed by atoms with Crippen LogP contribution < -0.4 is 10.6 Å². The fourth-order valence-corrected chi connectivity index (χ4v) is 2.29. The fourth-order valence-electron chi connectivity index (χ4n) is 2.29. The minimum absolute atomic E-state index is 0.0876. The number of aryl methyl sites for hydroxylation is 1. The van der Waals surface area contributed by atoms with Crippen LogP contribution in [0.1, 0.15) is 11.1 Å². The van der Waals surface area contributed by atoms with Gasteiger partial charge < -0.3 is 15.4 Å². The Bertz CT molecular complexity index is 428. The van der Waals surface area contributed by atoms with Gasteiger partial charge in [0, 0.05) is 32.7 Å². The zero-order chi connectivity index (χ0) is 14.9. The van der Waals surface area contributed by atoms with Crippen molar-refractivity contribution in [3.05, 3.63) is 35.4 Å². The smallest absolute Gasteiger partial charge is 0.314 e. The van der Waals surface area contributed by atoms with Gasteiger partial charge in [-0.3, -0.25) is 4.90 Å². The largest absolute Gasteiger partial charge is 0.379 e. The second kappa shape index (κ2) is 8.64. The number of nitrogens with zero attached hydrogens (tertiary/aromatic N) is 1. The van der Waals surface area contributed by atoms with Crippen LogP contribution in [0.4, 0.5) is 4.79 Å². The van der Waals surface area contributed by atoms with E-state index in [1.54, 1.807) is 0 Å². The third kappa shape index (κ3) is 6.14. The second-order valence-electron chi connectivity index (χ2n) is 5.37. The summed E-state index contributed by atoms with van der Waals surface area (Å²) in [5, 5.41) is 5.78. The van der Waals surface area contributed by atoms with Crippen molar-refractivity contribution in [3.8, 4) is 0 Å². The molecule has 5 heteroatoms. The molecular weight excluding hydrogens is 266 g/mol. The monoisotopic (exact) mass is 291 g/mol. The summed E-state index contributed by atoms with van der Waals surface area (Å²) in [5.74, 6) is 0. The van der Waals surface area contributed by atoms with Crippen LogP contribution in [0.15, 0.2) is 24.3 Å². The Balaban J connectivity index is 1.54. The Hall–Kier alpha value is -1.59. The zero-order valence-corrected chi connectivity index (χ0v) is 12.7. The molecule has 1 aliphatic rings. The Labute approximate surface area is 126 Å². The Morgan fingerprint density at radius 3 is 2.52 bits per heavy atom. The summed E-state index contributed by atoms with van der Waals surface area (Å²) in [6.45, 7) is 7.79. The number of hydrogen-bond donors (Lipinski definition) is 2. The lowest BCUT2D eigenvalue weighted by molar-refractivity contribution is 0.0387. The highest BCUT2D eigenvalue weighted by Crippen LogP contribution is 2.02. The van der Waals surface area contributed by atoms with Crippen molar-refractivity contribution in [3.63, 3.8) is 0 Å². The van der Waals surface area contributed by atoms with Crippen molar-refractivity contribution >= 4 is 6.03 Å². The number of benzene rings is 1. The molecule has 1 aromatic rings. The molecule has 2 amide bonds. The molecule has 2 rings (SSSR count). The van der Waals surface area contributed by atoms with E-state index in [4.69, 9.17) is 4.74 Å². The first-order valence-corrected chi connectivity index (χ1v) is 7.61. The average Bonchev–Trinajstić information content (AvgIpc) is 2.50. The van der Waals surface area contributed by atoms with Gasteiger partial charge in [-0.1, -0.05) is 29.8 Å². The average molecular weight is 291 g/mol. The first-order valence-electron chi connectivity index (χ1n) is 7.61. The van der Waals surface area contributed by atoms with Crippen LogP contribution in [0.2, 0.25) is 0 Å².